The maximum Gasteiger partial charge on any atom is 0.162 e. The summed E-state index contributed by atoms with van der Waals surface area (Å²) in [5.41, 5.74) is 3.91. The van der Waals surface area contributed by atoms with Gasteiger partial charge in [0.1, 0.15) is 0 Å². The van der Waals surface area contributed by atoms with Crippen LogP contribution in [0.2, 0.25) is 0 Å². The van der Waals surface area contributed by atoms with Crippen LogP contribution in [-0.4, -0.2) is 45.3 Å². The first kappa shape index (κ1) is 19.6. The van der Waals surface area contributed by atoms with E-state index >= 15 is 0 Å². The Balaban J connectivity index is 1.62. The first-order valence-corrected chi connectivity index (χ1v) is 10.0. The minimum absolute atomic E-state index is 0.764. The fraction of sp³-hybridized carbons (Fsp3) is 0.478. The summed E-state index contributed by atoms with van der Waals surface area (Å²) in [5.74, 6) is 1.53. The van der Waals surface area contributed by atoms with Crippen LogP contribution in [-0.2, 0) is 13.0 Å². The van der Waals surface area contributed by atoms with E-state index in [0.29, 0.717) is 0 Å². The summed E-state index contributed by atoms with van der Waals surface area (Å²) < 4.78 is 10.8. The van der Waals surface area contributed by atoms with Crippen molar-refractivity contribution in [1.29, 1.82) is 0 Å². The van der Waals surface area contributed by atoms with E-state index in [0.717, 1.165) is 36.7 Å². The minimum Gasteiger partial charge on any atom is -0.493 e. The van der Waals surface area contributed by atoms with Gasteiger partial charge in [0.2, 0.25) is 0 Å². The third kappa shape index (κ3) is 5.16. The van der Waals surface area contributed by atoms with Gasteiger partial charge in [0.15, 0.2) is 11.5 Å². The van der Waals surface area contributed by atoms with E-state index < -0.39 is 0 Å². The molecule has 3 rings (SSSR count). The van der Waals surface area contributed by atoms with E-state index in [1.54, 1.807) is 14.2 Å². The molecule has 0 amide bonds. The summed E-state index contributed by atoms with van der Waals surface area (Å²) in [6, 6.07) is 15.2. The smallest absolute Gasteiger partial charge is 0.162 e. The van der Waals surface area contributed by atoms with Crippen molar-refractivity contribution in [2.45, 2.75) is 32.7 Å². The van der Waals surface area contributed by atoms with Gasteiger partial charge in [-0.05, 0) is 62.5 Å². The minimum atomic E-state index is 0.764. The number of anilines is 1. The second kappa shape index (κ2) is 9.65. The third-order valence-electron chi connectivity index (χ3n) is 5.43. The summed E-state index contributed by atoms with van der Waals surface area (Å²) in [5, 5.41) is 0. The summed E-state index contributed by atoms with van der Waals surface area (Å²) in [4.78, 5) is 4.92. The third-order valence-corrected chi connectivity index (χ3v) is 5.43. The van der Waals surface area contributed by atoms with E-state index in [-0.39, 0.29) is 0 Å². The Morgan fingerprint density at radius 3 is 2.19 bits per heavy atom. The first-order valence-electron chi connectivity index (χ1n) is 10.0. The zero-order chi connectivity index (χ0) is 19.1. The van der Waals surface area contributed by atoms with Gasteiger partial charge in [-0.1, -0.05) is 24.3 Å². The van der Waals surface area contributed by atoms with Crippen LogP contribution in [0.25, 0.3) is 0 Å². The molecular formula is C23H32N2O2. The maximum absolute atomic E-state index is 5.45. The summed E-state index contributed by atoms with van der Waals surface area (Å²) >= 11 is 0. The van der Waals surface area contributed by atoms with Crippen molar-refractivity contribution >= 4 is 5.69 Å². The van der Waals surface area contributed by atoms with Gasteiger partial charge in [-0.25, -0.2) is 0 Å². The quantitative estimate of drug-likeness (QED) is 0.656. The Bertz CT molecular complexity index is 709. The van der Waals surface area contributed by atoms with Crippen molar-refractivity contribution in [2.75, 3.05) is 45.3 Å². The molecule has 0 atom stereocenters. The summed E-state index contributed by atoms with van der Waals surface area (Å²) in [6.07, 6.45) is 3.87. The van der Waals surface area contributed by atoms with Gasteiger partial charge in [0.25, 0.3) is 0 Å². The molecule has 2 aromatic carbocycles. The standard InChI is InChI=1S/C23H32N2O2/c1-4-25(21-11-12-22(26-2)23(17-21)27-3)18-20-9-7-19(8-10-20)13-16-24-14-5-6-15-24/h7-12,17H,4-6,13-16,18H2,1-3H3. The van der Waals surface area contributed by atoms with Crippen LogP contribution in [0.5, 0.6) is 11.5 Å². The summed E-state index contributed by atoms with van der Waals surface area (Å²) in [6.45, 7) is 7.74. The number of hydrogen-bond donors (Lipinski definition) is 0. The van der Waals surface area contributed by atoms with Gasteiger partial charge in [0, 0.05) is 31.4 Å². The Labute approximate surface area is 163 Å². The van der Waals surface area contributed by atoms with Crippen LogP contribution >= 0.6 is 0 Å². The Morgan fingerprint density at radius 1 is 0.889 bits per heavy atom. The number of benzene rings is 2. The summed E-state index contributed by atoms with van der Waals surface area (Å²) in [7, 11) is 3.35. The first-order chi connectivity index (χ1) is 13.2. The molecule has 1 aliphatic heterocycles. The van der Waals surface area contributed by atoms with Crippen LogP contribution in [0.15, 0.2) is 42.5 Å². The molecule has 0 spiro atoms. The number of nitrogens with zero attached hydrogens (tertiary/aromatic N) is 2. The number of ether oxygens (including phenoxy) is 2. The van der Waals surface area contributed by atoms with Crippen LogP contribution in [0.3, 0.4) is 0 Å². The lowest BCUT2D eigenvalue weighted by atomic mass is 10.1. The molecule has 4 heteroatoms. The zero-order valence-corrected chi connectivity index (χ0v) is 16.9. The molecule has 1 saturated heterocycles. The molecule has 1 fully saturated rings. The van der Waals surface area contributed by atoms with E-state index in [1.807, 2.05) is 12.1 Å². The molecule has 0 N–H and O–H groups in total. The molecule has 0 unspecified atom stereocenters. The molecule has 0 bridgehead atoms. The van der Waals surface area contributed by atoms with Crippen molar-refractivity contribution in [3.05, 3.63) is 53.6 Å². The molecular weight excluding hydrogens is 336 g/mol. The van der Waals surface area contributed by atoms with Crippen molar-refractivity contribution in [3.63, 3.8) is 0 Å². The molecule has 27 heavy (non-hydrogen) atoms. The maximum atomic E-state index is 5.45. The Morgan fingerprint density at radius 2 is 1.56 bits per heavy atom. The molecule has 2 aromatic rings. The SMILES string of the molecule is CCN(Cc1ccc(CCN2CCCC2)cc1)c1ccc(OC)c(OC)c1. The molecule has 1 aliphatic rings. The lowest BCUT2D eigenvalue weighted by Crippen LogP contribution is -2.22. The predicted octanol–water partition coefficient (Wildman–Crippen LogP) is 4.37. The van der Waals surface area contributed by atoms with E-state index in [9.17, 15) is 0 Å². The molecule has 1 heterocycles. The highest BCUT2D eigenvalue weighted by Gasteiger charge is 2.12. The number of likely N-dealkylation sites (tertiary alicyclic amines) is 1. The topological polar surface area (TPSA) is 24.9 Å². The van der Waals surface area contributed by atoms with Crippen molar-refractivity contribution in [2.24, 2.45) is 0 Å². The number of methoxy groups -OCH3 is 2. The zero-order valence-electron chi connectivity index (χ0n) is 16.9. The van der Waals surface area contributed by atoms with Crippen molar-refractivity contribution < 1.29 is 9.47 Å². The van der Waals surface area contributed by atoms with Crippen LogP contribution in [0.4, 0.5) is 5.69 Å². The van der Waals surface area contributed by atoms with Gasteiger partial charge < -0.3 is 19.3 Å². The highest BCUT2D eigenvalue weighted by atomic mass is 16.5. The average Bonchev–Trinajstić information content (AvgIpc) is 3.24. The lowest BCUT2D eigenvalue weighted by molar-refractivity contribution is 0.343. The normalized spacial score (nSPS) is 14.3. The highest BCUT2D eigenvalue weighted by Crippen LogP contribution is 2.32. The Hall–Kier alpha value is -2.20. The largest absolute Gasteiger partial charge is 0.493 e. The van der Waals surface area contributed by atoms with Crippen LogP contribution in [0, 0.1) is 0 Å². The molecule has 0 aliphatic carbocycles. The molecule has 0 aromatic heterocycles. The molecule has 4 nitrogen and oxygen atoms in total. The van der Waals surface area contributed by atoms with E-state index in [4.69, 9.17) is 9.47 Å². The van der Waals surface area contributed by atoms with Crippen molar-refractivity contribution in [3.8, 4) is 11.5 Å². The molecule has 0 radical (unpaired) electrons. The fourth-order valence-corrected chi connectivity index (χ4v) is 3.73. The van der Waals surface area contributed by atoms with Gasteiger partial charge in [0.05, 0.1) is 14.2 Å². The second-order valence-electron chi connectivity index (χ2n) is 7.17. The monoisotopic (exact) mass is 368 g/mol. The van der Waals surface area contributed by atoms with E-state index in [2.05, 4.69) is 47.1 Å². The fourth-order valence-electron chi connectivity index (χ4n) is 3.73. The number of hydrogen-bond acceptors (Lipinski definition) is 4. The second-order valence-corrected chi connectivity index (χ2v) is 7.17. The van der Waals surface area contributed by atoms with Gasteiger partial charge in [-0.15, -0.1) is 0 Å². The number of rotatable bonds is 9. The lowest BCUT2D eigenvalue weighted by Gasteiger charge is -2.24. The van der Waals surface area contributed by atoms with E-state index in [1.165, 1.54) is 43.6 Å². The van der Waals surface area contributed by atoms with Crippen LogP contribution < -0.4 is 14.4 Å². The van der Waals surface area contributed by atoms with Gasteiger partial charge in [-0.3, -0.25) is 0 Å². The molecule has 146 valence electrons. The van der Waals surface area contributed by atoms with Gasteiger partial charge >= 0.3 is 0 Å². The van der Waals surface area contributed by atoms with Crippen molar-refractivity contribution in [1.82, 2.24) is 4.90 Å². The molecule has 0 saturated carbocycles. The van der Waals surface area contributed by atoms with Gasteiger partial charge in [-0.2, -0.15) is 0 Å². The highest BCUT2D eigenvalue weighted by molar-refractivity contribution is 5.56. The Kier molecular flexibility index (Phi) is 6.99. The van der Waals surface area contributed by atoms with Crippen LogP contribution in [0.1, 0.15) is 30.9 Å². The average molecular weight is 369 g/mol. The predicted molar refractivity (Wildman–Crippen MR) is 112 cm³/mol.